The Morgan fingerprint density at radius 3 is 2.33 bits per heavy atom. The molecule has 2 atom stereocenters. The predicted molar refractivity (Wildman–Crippen MR) is 124 cm³/mol. The Morgan fingerprint density at radius 2 is 1.72 bits per heavy atom. The van der Waals surface area contributed by atoms with Crippen molar-refractivity contribution in [1.82, 2.24) is 9.21 Å². The van der Waals surface area contributed by atoms with Crippen molar-refractivity contribution >= 4 is 39.4 Å². The molecule has 3 aliphatic rings. The average molecular weight is 522 g/mol. The number of rotatable bonds is 8. The third-order valence-electron chi connectivity index (χ3n) is 6.30. The van der Waals surface area contributed by atoms with Crippen molar-refractivity contribution in [2.75, 3.05) is 51.9 Å². The van der Waals surface area contributed by atoms with Gasteiger partial charge < -0.3 is 19.5 Å². The molecule has 3 amide bonds. The summed E-state index contributed by atoms with van der Waals surface area (Å²) in [4.78, 5) is 50.5. The van der Waals surface area contributed by atoms with Crippen LogP contribution in [-0.2, 0) is 38.7 Å². The molecule has 1 N–H and O–H groups in total. The lowest BCUT2D eigenvalue weighted by molar-refractivity contribution is -0.154. The number of anilines is 1. The van der Waals surface area contributed by atoms with Crippen LogP contribution in [0, 0.1) is 11.8 Å². The number of carbonyl (C=O) groups is 4. The van der Waals surface area contributed by atoms with Gasteiger partial charge in [-0.1, -0.05) is 12.2 Å². The molecule has 13 heteroatoms. The van der Waals surface area contributed by atoms with Crippen molar-refractivity contribution in [3.63, 3.8) is 0 Å². The summed E-state index contributed by atoms with van der Waals surface area (Å²) in [6.45, 7) is -0.270. The van der Waals surface area contributed by atoms with Gasteiger partial charge in [0.25, 0.3) is 5.91 Å². The molecular weight excluding hydrogens is 494 g/mol. The maximum absolute atomic E-state index is 12.9. The molecule has 36 heavy (non-hydrogen) atoms. The highest BCUT2D eigenvalue weighted by atomic mass is 32.2. The molecule has 12 nitrogen and oxygen atoms in total. The lowest BCUT2D eigenvalue weighted by atomic mass is 9.85. The van der Waals surface area contributed by atoms with Gasteiger partial charge in [-0.15, -0.1) is 0 Å². The molecule has 0 unspecified atom stereocenters. The first-order valence-electron chi connectivity index (χ1n) is 11.4. The third kappa shape index (κ3) is 5.27. The molecule has 2 fully saturated rings. The van der Waals surface area contributed by atoms with Crippen molar-refractivity contribution in [2.45, 2.75) is 17.7 Å². The van der Waals surface area contributed by atoms with E-state index in [1.54, 1.807) is 0 Å². The third-order valence-corrected chi connectivity index (χ3v) is 8.20. The molecule has 2 saturated heterocycles. The molecule has 0 spiro atoms. The van der Waals surface area contributed by atoms with E-state index in [-0.39, 0.29) is 42.6 Å². The van der Waals surface area contributed by atoms with Gasteiger partial charge in [-0.25, -0.2) is 8.42 Å². The molecule has 194 valence electrons. The molecule has 1 aliphatic carbocycles. The van der Waals surface area contributed by atoms with E-state index in [1.165, 1.54) is 29.6 Å². The van der Waals surface area contributed by atoms with Crippen LogP contribution in [0.1, 0.15) is 12.8 Å². The summed E-state index contributed by atoms with van der Waals surface area (Å²) in [5.74, 6) is -3.22. The summed E-state index contributed by atoms with van der Waals surface area (Å²) in [6, 6.07) is 4.05. The van der Waals surface area contributed by atoms with Crippen LogP contribution >= 0.6 is 0 Å². The van der Waals surface area contributed by atoms with Gasteiger partial charge >= 0.3 is 5.97 Å². The normalized spacial score (nSPS) is 22.3. The van der Waals surface area contributed by atoms with E-state index >= 15 is 0 Å². The van der Waals surface area contributed by atoms with Gasteiger partial charge in [-0.3, -0.25) is 24.1 Å². The van der Waals surface area contributed by atoms with E-state index in [0.29, 0.717) is 12.8 Å². The zero-order chi connectivity index (χ0) is 25.9. The van der Waals surface area contributed by atoms with E-state index in [4.69, 9.17) is 14.2 Å². The summed E-state index contributed by atoms with van der Waals surface area (Å²) >= 11 is 0. The fourth-order valence-electron chi connectivity index (χ4n) is 4.41. The highest BCUT2D eigenvalue weighted by Crippen LogP contribution is 2.35. The standard InChI is InChI=1S/C23H27N3O9S/c1-33-19-7-6-15(36(31,32)25-8-10-34-11-9-25)12-18(19)24-20(27)14-35-21(28)13-26-22(29)16-4-2-3-5-17(16)23(26)30/h2-3,6-7,12,16-17H,4-5,8-11,13-14H2,1H3,(H,24,27)/t16-,17-/m0/s1. The number of carbonyl (C=O) groups excluding carboxylic acids is 4. The quantitative estimate of drug-likeness (QED) is 0.287. The highest BCUT2D eigenvalue weighted by Gasteiger charge is 2.47. The number of hydrogen-bond donors (Lipinski definition) is 1. The molecule has 1 aromatic carbocycles. The van der Waals surface area contributed by atoms with Crippen LogP contribution in [0.25, 0.3) is 0 Å². The fourth-order valence-corrected chi connectivity index (χ4v) is 5.85. The first kappa shape index (κ1) is 25.8. The molecule has 4 rings (SSSR count). The minimum atomic E-state index is -3.82. The van der Waals surface area contributed by atoms with E-state index in [1.807, 2.05) is 12.2 Å². The van der Waals surface area contributed by atoms with Gasteiger partial charge in [0.05, 0.1) is 42.7 Å². The lowest BCUT2D eigenvalue weighted by Crippen LogP contribution is -2.40. The van der Waals surface area contributed by atoms with E-state index in [2.05, 4.69) is 5.32 Å². The zero-order valence-corrected chi connectivity index (χ0v) is 20.5. The van der Waals surface area contributed by atoms with Crippen LogP contribution in [0.5, 0.6) is 5.75 Å². The molecule has 0 saturated carbocycles. The van der Waals surface area contributed by atoms with Crippen LogP contribution in [-0.4, -0.2) is 87.9 Å². The number of morpholine rings is 1. The number of hydrogen-bond acceptors (Lipinski definition) is 9. The smallest absolute Gasteiger partial charge is 0.326 e. The van der Waals surface area contributed by atoms with Crippen LogP contribution in [0.4, 0.5) is 5.69 Å². The van der Waals surface area contributed by atoms with Gasteiger partial charge in [0.15, 0.2) is 6.61 Å². The van der Waals surface area contributed by atoms with E-state index in [9.17, 15) is 27.6 Å². The number of allylic oxidation sites excluding steroid dienone is 2. The maximum atomic E-state index is 12.9. The van der Waals surface area contributed by atoms with Gasteiger partial charge in [-0.05, 0) is 31.0 Å². The number of benzene rings is 1. The van der Waals surface area contributed by atoms with Crippen LogP contribution in [0.2, 0.25) is 0 Å². The first-order valence-corrected chi connectivity index (χ1v) is 12.9. The van der Waals surface area contributed by atoms with Gasteiger partial charge in [0.2, 0.25) is 21.8 Å². The second-order valence-corrected chi connectivity index (χ2v) is 10.4. The molecule has 0 aromatic heterocycles. The molecule has 2 aliphatic heterocycles. The van der Waals surface area contributed by atoms with Gasteiger partial charge in [-0.2, -0.15) is 4.31 Å². The number of fused-ring (bicyclic) bond motifs is 1. The molecule has 1 aromatic rings. The molecule has 0 bridgehead atoms. The number of esters is 1. The molecule has 2 heterocycles. The average Bonchev–Trinajstić information content (AvgIpc) is 3.13. The number of imide groups is 1. The molecule has 0 radical (unpaired) electrons. The maximum Gasteiger partial charge on any atom is 0.326 e. The monoisotopic (exact) mass is 521 g/mol. The topological polar surface area (TPSA) is 149 Å². The predicted octanol–water partition coefficient (Wildman–Crippen LogP) is 0.149. The van der Waals surface area contributed by atoms with Gasteiger partial charge in [0.1, 0.15) is 12.3 Å². The van der Waals surface area contributed by atoms with Crippen molar-refractivity contribution in [3.8, 4) is 5.75 Å². The summed E-state index contributed by atoms with van der Waals surface area (Å²) in [5.41, 5.74) is 0.0781. The first-order chi connectivity index (χ1) is 17.2. The Bertz CT molecular complexity index is 1170. The number of nitrogens with zero attached hydrogens (tertiary/aromatic N) is 2. The highest BCUT2D eigenvalue weighted by molar-refractivity contribution is 7.89. The van der Waals surface area contributed by atoms with Crippen LogP contribution < -0.4 is 10.1 Å². The Kier molecular flexibility index (Phi) is 7.71. The number of ether oxygens (including phenoxy) is 3. The van der Waals surface area contributed by atoms with Crippen molar-refractivity contribution in [3.05, 3.63) is 30.4 Å². The van der Waals surface area contributed by atoms with E-state index < -0.39 is 58.7 Å². The van der Waals surface area contributed by atoms with Gasteiger partial charge in [0, 0.05) is 13.1 Å². The van der Waals surface area contributed by atoms with Crippen LogP contribution in [0.15, 0.2) is 35.2 Å². The number of sulfonamides is 1. The number of likely N-dealkylation sites (tertiary alicyclic amines) is 1. The number of amides is 3. The second kappa shape index (κ2) is 10.8. The Balaban J connectivity index is 1.36. The van der Waals surface area contributed by atoms with Crippen molar-refractivity contribution in [1.29, 1.82) is 0 Å². The summed E-state index contributed by atoms with van der Waals surface area (Å²) in [7, 11) is -2.46. The van der Waals surface area contributed by atoms with Crippen molar-refractivity contribution < 1.29 is 41.8 Å². The molecular formula is C23H27N3O9S. The largest absolute Gasteiger partial charge is 0.495 e. The van der Waals surface area contributed by atoms with Crippen molar-refractivity contribution in [2.24, 2.45) is 11.8 Å². The second-order valence-electron chi connectivity index (χ2n) is 8.51. The zero-order valence-electron chi connectivity index (χ0n) is 19.7. The summed E-state index contributed by atoms with van der Waals surface area (Å²) in [6.07, 6.45) is 4.58. The Labute approximate surface area is 208 Å². The summed E-state index contributed by atoms with van der Waals surface area (Å²) in [5, 5.41) is 2.48. The number of methoxy groups -OCH3 is 1. The lowest BCUT2D eigenvalue weighted by Gasteiger charge is -2.26. The minimum absolute atomic E-state index is 0.0421. The van der Waals surface area contributed by atoms with E-state index in [0.717, 1.165) is 4.90 Å². The summed E-state index contributed by atoms with van der Waals surface area (Å²) < 4.78 is 42.5. The fraction of sp³-hybridized carbons (Fsp3) is 0.478. The number of nitrogens with one attached hydrogen (secondary N) is 1. The Morgan fingerprint density at radius 1 is 1.08 bits per heavy atom. The SMILES string of the molecule is COc1ccc(S(=O)(=O)N2CCOCC2)cc1NC(=O)COC(=O)CN1C(=O)[C@H]2CC=CC[C@@H]2C1=O. The Hall–Kier alpha value is -3.29. The van der Waals surface area contributed by atoms with Crippen LogP contribution in [0.3, 0.4) is 0 Å². The minimum Gasteiger partial charge on any atom is -0.495 e.